The summed E-state index contributed by atoms with van der Waals surface area (Å²) in [5.74, 6) is 1.56. The second-order valence-electron chi connectivity index (χ2n) is 9.40. The average molecular weight is 373 g/mol. The first kappa shape index (κ1) is 17.1. The minimum atomic E-state index is -0.133. The van der Waals surface area contributed by atoms with Crippen LogP contribution in [-0.4, -0.2) is 34.8 Å². The maximum Gasteiger partial charge on any atom is 0.226 e. The van der Waals surface area contributed by atoms with Gasteiger partial charge in [-0.1, -0.05) is 30.3 Å². The van der Waals surface area contributed by atoms with Crippen LogP contribution in [0.2, 0.25) is 0 Å². The molecule has 0 radical (unpaired) electrons. The van der Waals surface area contributed by atoms with Crippen molar-refractivity contribution in [2.24, 2.45) is 17.3 Å². The third-order valence-electron chi connectivity index (χ3n) is 7.58. The molecule has 0 spiro atoms. The summed E-state index contributed by atoms with van der Waals surface area (Å²) in [6.07, 6.45) is 7.57. The molecular weight excluding hydrogens is 344 g/mol. The lowest BCUT2D eigenvalue weighted by Crippen LogP contribution is -2.50. The van der Waals surface area contributed by atoms with Crippen LogP contribution in [0.1, 0.15) is 50.5 Å². The lowest BCUT2D eigenvalue weighted by atomic mass is 9.74. The topological polar surface area (TPSA) is 32.3 Å². The third kappa shape index (κ3) is 2.88. The summed E-state index contributed by atoms with van der Waals surface area (Å²) in [7, 11) is 0. The molecule has 5 aliphatic rings. The van der Waals surface area contributed by atoms with Crippen molar-refractivity contribution in [2.75, 3.05) is 13.1 Å². The third-order valence-corrected chi connectivity index (χ3v) is 8.02. The Morgan fingerprint density at radius 2 is 1.92 bits per heavy atom. The van der Waals surface area contributed by atoms with Crippen molar-refractivity contribution in [2.45, 2.75) is 62.4 Å². The van der Waals surface area contributed by atoms with Crippen LogP contribution in [-0.2, 0) is 11.3 Å². The molecule has 140 valence electrons. The maximum absolute atomic E-state index is 13.2. The molecule has 6 rings (SSSR count). The van der Waals surface area contributed by atoms with Gasteiger partial charge in [-0.2, -0.15) is 0 Å². The van der Waals surface area contributed by atoms with E-state index < -0.39 is 0 Å². The molecule has 1 aromatic rings. The van der Waals surface area contributed by atoms with E-state index in [0.717, 1.165) is 58.2 Å². The van der Waals surface area contributed by atoms with E-state index in [1.54, 1.807) is 0 Å². The summed E-state index contributed by atoms with van der Waals surface area (Å²) in [6, 6.07) is 11.0. The SMILES string of the molecule is O=C(NC1CCN(Cc2ccccc2)CC1)C12CC3CC1CC(Cl)(C3)C2. The van der Waals surface area contributed by atoms with Gasteiger partial charge in [-0.15, -0.1) is 11.6 Å². The minimum Gasteiger partial charge on any atom is -0.353 e. The fourth-order valence-electron chi connectivity index (χ4n) is 6.56. The molecule has 26 heavy (non-hydrogen) atoms. The number of alkyl halides is 1. The minimum absolute atomic E-state index is 0.0672. The molecule has 1 N–H and O–H groups in total. The number of nitrogens with one attached hydrogen (secondary N) is 1. The number of amides is 1. The van der Waals surface area contributed by atoms with Crippen molar-refractivity contribution in [1.82, 2.24) is 10.2 Å². The summed E-state index contributed by atoms with van der Waals surface area (Å²) in [6.45, 7) is 3.15. The van der Waals surface area contributed by atoms with Crippen molar-refractivity contribution in [1.29, 1.82) is 0 Å². The number of carbonyl (C=O) groups is 1. The van der Waals surface area contributed by atoms with Crippen LogP contribution < -0.4 is 5.32 Å². The van der Waals surface area contributed by atoms with E-state index in [0.29, 0.717) is 23.8 Å². The van der Waals surface area contributed by atoms with Crippen LogP contribution >= 0.6 is 11.6 Å². The van der Waals surface area contributed by atoms with Gasteiger partial charge in [0.25, 0.3) is 0 Å². The summed E-state index contributed by atoms with van der Waals surface area (Å²) < 4.78 is 0. The number of nitrogens with zero attached hydrogens (tertiary/aromatic N) is 1. The number of piperidine rings is 1. The normalized spacial score (nSPS) is 39.4. The largest absolute Gasteiger partial charge is 0.353 e. The zero-order valence-corrected chi connectivity index (χ0v) is 16.2. The first-order valence-electron chi connectivity index (χ1n) is 10.3. The number of halogens is 1. The highest BCUT2D eigenvalue weighted by Gasteiger charge is 2.66. The van der Waals surface area contributed by atoms with Gasteiger partial charge in [-0.25, -0.2) is 0 Å². The molecule has 1 heterocycles. The van der Waals surface area contributed by atoms with Gasteiger partial charge in [0.15, 0.2) is 0 Å². The Kier molecular flexibility index (Phi) is 4.09. The molecule has 1 amide bonds. The summed E-state index contributed by atoms with van der Waals surface area (Å²) in [4.78, 5) is 15.7. The second kappa shape index (κ2) is 6.24. The van der Waals surface area contributed by atoms with E-state index in [1.807, 2.05) is 0 Å². The Morgan fingerprint density at radius 3 is 2.65 bits per heavy atom. The van der Waals surface area contributed by atoms with Gasteiger partial charge in [-0.3, -0.25) is 9.69 Å². The van der Waals surface area contributed by atoms with Crippen LogP contribution in [0.25, 0.3) is 0 Å². The molecule has 3 nitrogen and oxygen atoms in total. The van der Waals surface area contributed by atoms with Crippen molar-refractivity contribution in [3.63, 3.8) is 0 Å². The Labute approximate surface area is 161 Å². The number of carbonyl (C=O) groups excluding carboxylic acids is 1. The molecule has 4 saturated carbocycles. The predicted molar refractivity (Wildman–Crippen MR) is 104 cm³/mol. The highest BCUT2D eigenvalue weighted by atomic mass is 35.5. The van der Waals surface area contributed by atoms with Crippen LogP contribution in [0.15, 0.2) is 30.3 Å². The van der Waals surface area contributed by atoms with Gasteiger partial charge < -0.3 is 5.32 Å². The number of rotatable bonds is 4. The highest BCUT2D eigenvalue weighted by molar-refractivity contribution is 6.24. The molecular formula is C22H29ClN2O. The van der Waals surface area contributed by atoms with Crippen LogP contribution in [0.3, 0.4) is 0 Å². The fraction of sp³-hybridized carbons (Fsp3) is 0.682. The van der Waals surface area contributed by atoms with Crippen LogP contribution in [0, 0.1) is 17.3 Å². The van der Waals surface area contributed by atoms with E-state index in [-0.39, 0.29) is 10.3 Å². The maximum atomic E-state index is 13.2. The summed E-state index contributed by atoms with van der Waals surface area (Å²) >= 11 is 6.81. The molecule has 4 atom stereocenters. The van der Waals surface area contributed by atoms with Crippen LogP contribution in [0.4, 0.5) is 0 Å². The van der Waals surface area contributed by atoms with Crippen molar-refractivity contribution < 1.29 is 4.79 Å². The standard InChI is InChI=1S/C22H29ClN2O/c23-21-11-17-10-18(13-21)22(12-17,15-21)20(26)24-19-6-8-25(9-7-19)14-16-4-2-1-3-5-16/h1-5,17-19H,6-15H2,(H,24,26). The van der Waals surface area contributed by atoms with Gasteiger partial charge in [0.05, 0.1) is 5.41 Å². The van der Waals surface area contributed by atoms with E-state index >= 15 is 0 Å². The Balaban J connectivity index is 1.17. The highest BCUT2D eigenvalue weighted by Crippen LogP contribution is 2.69. The molecule has 4 bridgehead atoms. The lowest BCUT2D eigenvalue weighted by molar-refractivity contribution is -0.133. The smallest absolute Gasteiger partial charge is 0.226 e. The van der Waals surface area contributed by atoms with Crippen molar-refractivity contribution in [3.05, 3.63) is 35.9 Å². The van der Waals surface area contributed by atoms with Crippen LogP contribution in [0.5, 0.6) is 0 Å². The van der Waals surface area contributed by atoms with E-state index in [1.165, 1.54) is 12.0 Å². The van der Waals surface area contributed by atoms with Crippen molar-refractivity contribution >= 4 is 17.5 Å². The molecule has 1 aromatic carbocycles. The summed E-state index contributed by atoms with van der Waals surface area (Å²) in [5, 5.41) is 3.44. The number of likely N-dealkylation sites (tertiary alicyclic amines) is 1. The molecule has 1 saturated heterocycles. The first-order chi connectivity index (χ1) is 12.5. The van der Waals surface area contributed by atoms with Gasteiger partial charge in [0.1, 0.15) is 0 Å². The second-order valence-corrected chi connectivity index (χ2v) is 10.2. The molecule has 5 fully saturated rings. The number of hydrogen-bond donors (Lipinski definition) is 1. The van der Waals surface area contributed by atoms with Crippen molar-refractivity contribution in [3.8, 4) is 0 Å². The average Bonchev–Trinajstić information content (AvgIpc) is 2.99. The predicted octanol–water partition coefficient (Wildman–Crippen LogP) is 3.95. The van der Waals surface area contributed by atoms with Gasteiger partial charge in [-0.05, 0) is 62.3 Å². The van der Waals surface area contributed by atoms with E-state index in [9.17, 15) is 4.79 Å². The van der Waals surface area contributed by atoms with E-state index in [2.05, 4.69) is 40.5 Å². The Morgan fingerprint density at radius 1 is 1.15 bits per heavy atom. The number of benzene rings is 1. The van der Waals surface area contributed by atoms with Gasteiger partial charge >= 0.3 is 0 Å². The Bertz CT molecular complexity index is 687. The molecule has 4 unspecified atom stereocenters. The fourth-order valence-corrected chi connectivity index (χ4v) is 7.20. The summed E-state index contributed by atoms with van der Waals surface area (Å²) in [5.41, 5.74) is 1.24. The monoisotopic (exact) mass is 372 g/mol. The first-order valence-corrected chi connectivity index (χ1v) is 10.7. The molecule has 0 aromatic heterocycles. The molecule has 1 aliphatic heterocycles. The Hall–Kier alpha value is -1.06. The van der Waals surface area contributed by atoms with E-state index in [4.69, 9.17) is 11.6 Å². The lowest BCUT2D eigenvalue weighted by Gasteiger charge is -2.38. The van der Waals surface area contributed by atoms with Gasteiger partial charge in [0.2, 0.25) is 5.91 Å². The zero-order valence-electron chi connectivity index (χ0n) is 15.4. The quantitative estimate of drug-likeness (QED) is 0.811. The molecule has 4 aliphatic carbocycles. The number of hydrogen-bond acceptors (Lipinski definition) is 2. The zero-order chi connectivity index (χ0) is 17.8. The molecule has 4 heteroatoms. The van der Waals surface area contributed by atoms with Gasteiger partial charge in [0, 0.05) is 30.6 Å².